The average molecular weight is 407 g/mol. The number of ketones is 1. The molecule has 0 spiro atoms. The van der Waals surface area contributed by atoms with Crippen molar-refractivity contribution in [2.75, 3.05) is 33.2 Å². The SMILES string of the molecule is CN1CCN(C2C(F)CC3C(=O)C(C(=O)O)=CN4C=C(C(C)(C)C)OC2C34)CC1. The number of Topliss-reactive ketones (excluding diaryl/α,β-unsaturated/α-hetero) is 1. The van der Waals surface area contributed by atoms with Crippen molar-refractivity contribution in [2.24, 2.45) is 11.3 Å². The number of nitrogens with zero attached hydrogens (tertiary/aromatic N) is 3. The maximum absolute atomic E-state index is 15.5. The van der Waals surface area contributed by atoms with Crippen molar-refractivity contribution in [3.63, 3.8) is 0 Å². The van der Waals surface area contributed by atoms with Crippen LogP contribution >= 0.6 is 0 Å². The molecule has 4 rings (SSSR count). The molecule has 3 aliphatic heterocycles. The van der Waals surface area contributed by atoms with Crippen LogP contribution in [0.2, 0.25) is 0 Å². The Kier molecular flexibility index (Phi) is 4.98. The topological polar surface area (TPSA) is 73.3 Å². The van der Waals surface area contributed by atoms with Gasteiger partial charge in [0.25, 0.3) is 0 Å². The van der Waals surface area contributed by atoms with E-state index in [4.69, 9.17) is 4.74 Å². The van der Waals surface area contributed by atoms with E-state index < -0.39 is 36.0 Å². The number of allylic oxidation sites excluding steroid dienone is 1. The highest BCUT2D eigenvalue weighted by molar-refractivity contribution is 6.18. The van der Waals surface area contributed by atoms with Crippen LogP contribution in [0.1, 0.15) is 27.2 Å². The number of piperazine rings is 1. The van der Waals surface area contributed by atoms with Gasteiger partial charge in [0.1, 0.15) is 23.6 Å². The molecule has 5 atom stereocenters. The third kappa shape index (κ3) is 3.46. The molecule has 0 aromatic rings. The van der Waals surface area contributed by atoms with Crippen molar-refractivity contribution in [1.82, 2.24) is 14.7 Å². The Labute approximate surface area is 170 Å². The van der Waals surface area contributed by atoms with E-state index in [9.17, 15) is 14.7 Å². The Morgan fingerprint density at radius 1 is 1.17 bits per heavy atom. The summed E-state index contributed by atoms with van der Waals surface area (Å²) in [7, 11) is 2.05. The van der Waals surface area contributed by atoms with Gasteiger partial charge in [-0.2, -0.15) is 0 Å². The smallest absolute Gasteiger partial charge is 0.340 e. The molecule has 0 bridgehead atoms. The van der Waals surface area contributed by atoms with E-state index in [2.05, 4.69) is 16.8 Å². The Morgan fingerprint density at radius 3 is 2.41 bits per heavy atom. The average Bonchev–Trinajstić information content (AvgIpc) is 2.64. The van der Waals surface area contributed by atoms with Crippen molar-refractivity contribution in [1.29, 1.82) is 0 Å². The monoisotopic (exact) mass is 407 g/mol. The number of carbonyl (C=O) groups is 2. The van der Waals surface area contributed by atoms with E-state index >= 15 is 4.39 Å². The molecular weight excluding hydrogens is 377 g/mol. The van der Waals surface area contributed by atoms with Gasteiger partial charge in [0.05, 0.1) is 12.1 Å². The van der Waals surface area contributed by atoms with Crippen LogP contribution in [-0.2, 0) is 14.3 Å². The maximum Gasteiger partial charge on any atom is 0.340 e. The van der Waals surface area contributed by atoms with Crippen molar-refractivity contribution in [3.8, 4) is 0 Å². The number of hydrogen-bond donors (Lipinski definition) is 1. The number of alkyl halides is 1. The zero-order valence-corrected chi connectivity index (χ0v) is 17.5. The number of hydrogen-bond acceptors (Lipinski definition) is 6. The number of carboxylic acids is 1. The molecule has 1 aliphatic carbocycles. The minimum absolute atomic E-state index is 0.0280. The molecule has 0 radical (unpaired) electrons. The third-order valence-electron chi connectivity index (χ3n) is 6.62. The van der Waals surface area contributed by atoms with Gasteiger partial charge in [-0.1, -0.05) is 20.8 Å². The minimum Gasteiger partial charge on any atom is -0.489 e. The maximum atomic E-state index is 15.5. The van der Waals surface area contributed by atoms with Gasteiger partial charge in [0.15, 0.2) is 5.78 Å². The van der Waals surface area contributed by atoms with Crippen LogP contribution in [-0.4, -0.2) is 89.1 Å². The van der Waals surface area contributed by atoms with Crippen molar-refractivity contribution >= 4 is 11.8 Å². The van der Waals surface area contributed by atoms with E-state index in [0.29, 0.717) is 5.76 Å². The summed E-state index contributed by atoms with van der Waals surface area (Å²) in [5.41, 5.74) is -0.601. The molecule has 7 nitrogen and oxygen atoms in total. The van der Waals surface area contributed by atoms with Crippen LogP contribution in [0.25, 0.3) is 0 Å². The molecule has 0 amide bonds. The van der Waals surface area contributed by atoms with Gasteiger partial charge in [0, 0.05) is 49.9 Å². The number of ether oxygens (including phenoxy) is 1. The first kappa shape index (κ1) is 20.3. The number of halogens is 1. The van der Waals surface area contributed by atoms with Crippen molar-refractivity contribution < 1.29 is 23.8 Å². The second-order valence-electron chi connectivity index (χ2n) is 9.66. The summed E-state index contributed by atoms with van der Waals surface area (Å²) in [5, 5.41) is 9.49. The summed E-state index contributed by atoms with van der Waals surface area (Å²) in [4.78, 5) is 30.6. The predicted molar refractivity (Wildman–Crippen MR) is 105 cm³/mol. The molecule has 29 heavy (non-hydrogen) atoms. The molecule has 1 saturated heterocycles. The van der Waals surface area contributed by atoms with E-state index in [1.807, 2.05) is 20.8 Å². The first-order valence-electron chi connectivity index (χ1n) is 10.3. The quantitative estimate of drug-likeness (QED) is 0.695. The van der Waals surface area contributed by atoms with Crippen LogP contribution in [0.15, 0.2) is 23.7 Å². The summed E-state index contributed by atoms with van der Waals surface area (Å²) in [6.45, 7) is 9.24. The van der Waals surface area contributed by atoms with E-state index in [1.165, 1.54) is 6.20 Å². The molecule has 160 valence electrons. The second-order valence-corrected chi connectivity index (χ2v) is 9.66. The van der Waals surface area contributed by atoms with Gasteiger partial charge in [-0.25, -0.2) is 9.18 Å². The summed E-state index contributed by atoms with van der Waals surface area (Å²) in [6, 6.07) is -0.834. The standard InChI is InChI=1S/C21H30FN3O4/c1-21(2,3)15-11-25-10-13(20(27)28)18(26)12-9-14(22)17(19(29-15)16(12)25)24-7-5-23(4)6-8-24/h10-12,14,16-17,19H,5-9H2,1-4H3,(H,27,28). The highest BCUT2D eigenvalue weighted by Gasteiger charge is 2.57. The summed E-state index contributed by atoms with van der Waals surface area (Å²) < 4.78 is 21.9. The van der Waals surface area contributed by atoms with Crippen LogP contribution in [0.3, 0.4) is 0 Å². The lowest BCUT2D eigenvalue weighted by atomic mass is 9.71. The summed E-state index contributed by atoms with van der Waals surface area (Å²) in [6.07, 6.45) is 1.46. The fourth-order valence-corrected chi connectivity index (χ4v) is 4.96. The van der Waals surface area contributed by atoms with E-state index in [1.54, 1.807) is 11.1 Å². The van der Waals surface area contributed by atoms with Gasteiger partial charge in [0.2, 0.25) is 0 Å². The first-order chi connectivity index (χ1) is 13.6. The second kappa shape index (κ2) is 7.09. The Bertz CT molecular complexity index is 766. The van der Waals surface area contributed by atoms with Gasteiger partial charge < -0.3 is 19.6 Å². The lowest BCUT2D eigenvalue weighted by Gasteiger charge is -2.55. The van der Waals surface area contributed by atoms with Gasteiger partial charge in [-0.05, 0) is 13.5 Å². The Hall–Kier alpha value is -1.93. The number of carboxylic acid groups (broad SMARTS) is 1. The number of rotatable bonds is 2. The first-order valence-corrected chi connectivity index (χ1v) is 10.3. The predicted octanol–water partition coefficient (Wildman–Crippen LogP) is 1.47. The lowest BCUT2D eigenvalue weighted by molar-refractivity contribution is -0.149. The summed E-state index contributed by atoms with van der Waals surface area (Å²) >= 11 is 0. The fourth-order valence-electron chi connectivity index (χ4n) is 4.96. The summed E-state index contributed by atoms with van der Waals surface area (Å²) in [5.74, 6) is -1.79. The zero-order chi connectivity index (χ0) is 21.1. The molecule has 3 heterocycles. The lowest BCUT2D eigenvalue weighted by Crippen LogP contribution is -2.68. The molecule has 0 aromatic carbocycles. The highest BCUT2D eigenvalue weighted by Crippen LogP contribution is 2.45. The van der Waals surface area contributed by atoms with Gasteiger partial charge in [-0.3, -0.25) is 9.69 Å². The third-order valence-corrected chi connectivity index (χ3v) is 6.62. The number of aliphatic carboxylic acids is 1. The molecule has 1 N–H and O–H groups in total. The van der Waals surface area contributed by atoms with E-state index in [-0.39, 0.29) is 23.5 Å². The molecule has 5 unspecified atom stereocenters. The number of carbonyl (C=O) groups excluding carboxylic acids is 1. The fraction of sp³-hybridized carbons (Fsp3) is 0.714. The highest BCUT2D eigenvalue weighted by atomic mass is 19.1. The van der Waals surface area contributed by atoms with Crippen LogP contribution in [0, 0.1) is 11.3 Å². The minimum atomic E-state index is -1.27. The molecule has 4 aliphatic rings. The van der Waals surface area contributed by atoms with Crippen molar-refractivity contribution in [3.05, 3.63) is 23.7 Å². The molecule has 0 aromatic heterocycles. The normalized spacial score (nSPS) is 36.1. The molecule has 1 saturated carbocycles. The molecule has 8 heteroatoms. The van der Waals surface area contributed by atoms with E-state index in [0.717, 1.165) is 26.2 Å². The largest absolute Gasteiger partial charge is 0.489 e. The molecular formula is C21H30FN3O4. The Morgan fingerprint density at radius 2 is 1.83 bits per heavy atom. The number of likely N-dealkylation sites (N-methyl/N-ethyl adjacent to an activating group) is 1. The van der Waals surface area contributed by atoms with Crippen LogP contribution in [0.4, 0.5) is 4.39 Å². The zero-order valence-electron chi connectivity index (χ0n) is 17.5. The van der Waals surface area contributed by atoms with Crippen LogP contribution < -0.4 is 0 Å². The van der Waals surface area contributed by atoms with Gasteiger partial charge >= 0.3 is 5.97 Å². The van der Waals surface area contributed by atoms with Gasteiger partial charge in [-0.15, -0.1) is 0 Å². The Balaban J connectivity index is 1.76. The van der Waals surface area contributed by atoms with Crippen molar-refractivity contribution in [2.45, 2.75) is 51.6 Å². The molecule has 2 fully saturated rings. The van der Waals surface area contributed by atoms with Crippen LogP contribution in [0.5, 0.6) is 0 Å².